The minimum Gasteiger partial charge on any atom is -0.516 e. The van der Waals surface area contributed by atoms with Crippen LogP contribution in [0.1, 0.15) is 16.7 Å². The van der Waals surface area contributed by atoms with E-state index in [1.165, 1.54) is 16.7 Å². The van der Waals surface area contributed by atoms with Crippen LogP contribution in [0.5, 0.6) is 0 Å². The SMILES string of the molecule is C1=[N+](c2[c-]cc3oc4ccccc4c3c2)c2ccccc2[N+]=1c1ccccc1.Cc1c[c-]c(-c2cc(C)c(C)cn2)cc1.[Ir]. The summed E-state index contributed by atoms with van der Waals surface area (Å²) in [4.78, 5) is 4.41. The van der Waals surface area contributed by atoms with Gasteiger partial charge in [0, 0.05) is 61.5 Å². The van der Waals surface area contributed by atoms with E-state index < -0.39 is 0 Å². The Bertz CT molecular complexity index is 2190. The minimum absolute atomic E-state index is 0. The van der Waals surface area contributed by atoms with Crippen LogP contribution in [-0.2, 0) is 20.1 Å². The molecule has 0 saturated carbocycles. The first-order chi connectivity index (χ1) is 21.0. The fourth-order valence-corrected chi connectivity index (χ4v) is 5.23. The summed E-state index contributed by atoms with van der Waals surface area (Å²) in [5.41, 5.74) is 11.7. The van der Waals surface area contributed by atoms with Gasteiger partial charge < -0.3 is 9.40 Å². The number of furan rings is 1. The second-order valence-electron chi connectivity index (χ2n) is 10.7. The van der Waals surface area contributed by atoms with Crippen LogP contribution in [-0.4, -0.2) is 11.0 Å². The number of benzene rings is 5. The molecule has 0 aliphatic carbocycles. The van der Waals surface area contributed by atoms with Crippen LogP contribution in [0.4, 0.5) is 22.7 Å². The van der Waals surface area contributed by atoms with E-state index in [1.807, 2.05) is 60.8 Å². The summed E-state index contributed by atoms with van der Waals surface area (Å²) in [5.74, 6) is 0. The third-order valence-electron chi connectivity index (χ3n) is 7.73. The quantitative estimate of drug-likeness (QED) is 0.133. The molecular weight excluding hydrogens is 719 g/mol. The molecule has 0 unspecified atom stereocenters. The van der Waals surface area contributed by atoms with Crippen LogP contribution in [0.3, 0.4) is 0 Å². The number of nitrogens with zero attached hydrogens (tertiary/aromatic N) is 3. The van der Waals surface area contributed by atoms with Gasteiger partial charge in [-0.05, 0) is 35.7 Å². The molecule has 0 fully saturated rings. The number of rotatable bonds is 3. The molecule has 8 rings (SSSR count). The molecule has 215 valence electrons. The predicted molar refractivity (Wildman–Crippen MR) is 176 cm³/mol. The van der Waals surface area contributed by atoms with E-state index in [4.69, 9.17) is 4.42 Å². The van der Waals surface area contributed by atoms with Crippen LogP contribution in [0.15, 0.2) is 126 Å². The first-order valence-electron chi connectivity index (χ1n) is 14.3. The van der Waals surface area contributed by atoms with Crippen LogP contribution >= 0.6 is 0 Å². The van der Waals surface area contributed by atoms with Crippen molar-refractivity contribution in [1.29, 1.82) is 0 Å². The monoisotopic (exact) mass is 748 g/mol. The van der Waals surface area contributed by atoms with Gasteiger partial charge in [0.2, 0.25) is 5.69 Å². The van der Waals surface area contributed by atoms with Crippen molar-refractivity contribution < 1.29 is 24.5 Å². The van der Waals surface area contributed by atoms with Gasteiger partial charge in [0.05, 0.1) is 0 Å². The molecule has 3 heterocycles. The summed E-state index contributed by atoms with van der Waals surface area (Å²) in [7, 11) is 0. The van der Waals surface area contributed by atoms with Gasteiger partial charge in [-0.25, -0.2) is 0 Å². The maximum Gasteiger partial charge on any atom is 0.501 e. The molecule has 0 saturated heterocycles. The van der Waals surface area contributed by atoms with Crippen molar-refractivity contribution in [2.75, 3.05) is 0 Å². The van der Waals surface area contributed by atoms with Crippen molar-refractivity contribution in [3.8, 4) is 11.3 Å². The summed E-state index contributed by atoms with van der Waals surface area (Å²) in [6, 6.07) is 49.1. The molecule has 0 bridgehead atoms. The maximum absolute atomic E-state index is 5.95. The maximum atomic E-state index is 5.95. The number of hydrogen-bond donors (Lipinski definition) is 0. The molecule has 0 amide bonds. The number of aromatic nitrogens is 1. The van der Waals surface area contributed by atoms with Gasteiger partial charge in [0.1, 0.15) is 11.3 Å². The third kappa shape index (κ3) is 5.57. The Hall–Kier alpha value is -4.92. The van der Waals surface area contributed by atoms with E-state index in [2.05, 4.69) is 114 Å². The summed E-state index contributed by atoms with van der Waals surface area (Å²) in [6.07, 6.45) is 1.92. The van der Waals surface area contributed by atoms with Gasteiger partial charge in [-0.15, -0.1) is 47.5 Å². The second kappa shape index (κ2) is 12.4. The first kappa shape index (κ1) is 29.2. The van der Waals surface area contributed by atoms with Crippen molar-refractivity contribution in [3.05, 3.63) is 150 Å². The van der Waals surface area contributed by atoms with Crippen molar-refractivity contribution in [3.63, 3.8) is 0 Å². The molecule has 0 atom stereocenters. The first-order valence-corrected chi connectivity index (χ1v) is 14.3. The summed E-state index contributed by atoms with van der Waals surface area (Å²) < 4.78 is 10.1. The number of hydrogen-bond acceptors (Lipinski definition) is 2. The van der Waals surface area contributed by atoms with Gasteiger partial charge >= 0.3 is 6.01 Å². The molecule has 2 aromatic heterocycles. The topological polar surface area (TPSA) is 32.0 Å². The second-order valence-corrected chi connectivity index (χ2v) is 10.7. The van der Waals surface area contributed by atoms with E-state index in [9.17, 15) is 0 Å². The predicted octanol–water partition coefficient (Wildman–Crippen LogP) is 9.71. The average Bonchev–Trinajstić information content (AvgIpc) is 3.62. The van der Waals surface area contributed by atoms with Gasteiger partial charge in [-0.1, -0.05) is 83.1 Å². The van der Waals surface area contributed by atoms with Gasteiger partial charge in [0.15, 0.2) is 0 Å². The van der Waals surface area contributed by atoms with Crippen molar-refractivity contribution >= 4 is 50.7 Å². The van der Waals surface area contributed by atoms with Gasteiger partial charge in [-0.3, -0.25) is 0 Å². The van der Waals surface area contributed by atoms with E-state index in [1.54, 1.807) is 0 Å². The molecule has 1 aliphatic rings. The molecule has 1 aliphatic heterocycles. The Labute approximate surface area is 270 Å². The largest absolute Gasteiger partial charge is 0.516 e. The zero-order chi connectivity index (χ0) is 29.3. The van der Waals surface area contributed by atoms with Crippen LogP contribution < -0.4 is 9.15 Å². The summed E-state index contributed by atoms with van der Waals surface area (Å²) in [6.45, 7) is 6.24. The number of para-hydroxylation sites is 4. The molecule has 0 spiro atoms. The van der Waals surface area contributed by atoms with Crippen molar-refractivity contribution in [1.82, 2.24) is 14.1 Å². The molecule has 4 nitrogen and oxygen atoms in total. The van der Waals surface area contributed by atoms with E-state index in [-0.39, 0.29) is 20.1 Å². The Morgan fingerprint density at radius 2 is 1.39 bits per heavy atom. The fraction of sp³-hybridized carbons (Fsp3) is 0.0769. The average molecular weight is 748 g/mol. The Morgan fingerprint density at radius 3 is 2.14 bits per heavy atom. The van der Waals surface area contributed by atoms with Crippen LogP contribution in [0.25, 0.3) is 33.2 Å². The summed E-state index contributed by atoms with van der Waals surface area (Å²) >= 11 is 0. The molecule has 44 heavy (non-hydrogen) atoms. The van der Waals surface area contributed by atoms with E-state index >= 15 is 0 Å². The zero-order valence-corrected chi connectivity index (χ0v) is 27.0. The minimum atomic E-state index is 0. The Morgan fingerprint density at radius 1 is 0.659 bits per heavy atom. The third-order valence-corrected chi connectivity index (χ3v) is 7.73. The van der Waals surface area contributed by atoms with Crippen LogP contribution in [0.2, 0.25) is 0 Å². The normalized spacial score (nSPS) is 11.7. The molecule has 0 N–H and O–H groups in total. The Kier molecular flexibility index (Phi) is 8.19. The van der Waals surface area contributed by atoms with Crippen LogP contribution in [0, 0.1) is 32.9 Å². The van der Waals surface area contributed by atoms with E-state index in [0.717, 1.165) is 55.9 Å². The van der Waals surface area contributed by atoms with E-state index in [0.29, 0.717) is 0 Å². The standard InChI is InChI=1S/C25H15N2O.C14H14N.Ir/c1-2-8-18(9-3-1)26-17-27(23-12-6-5-11-22(23)26)19-14-15-25-21(16-19)20-10-4-7-13-24(20)28-25;1-10-4-6-13(7-5-10)14-8-11(2)12(3)9-15-14;/h1-13,15-16H;4-6,8-9H,1-3H3;/q+1;-1;. The van der Waals surface area contributed by atoms with Gasteiger partial charge in [-0.2, -0.15) is 0 Å². The Balaban J connectivity index is 0.000000183. The van der Waals surface area contributed by atoms with Crippen molar-refractivity contribution in [2.45, 2.75) is 20.8 Å². The number of pyridine rings is 1. The van der Waals surface area contributed by atoms with Crippen molar-refractivity contribution in [2.24, 2.45) is 0 Å². The number of fused-ring (bicyclic) bond motifs is 4. The molecule has 5 heteroatoms. The molecule has 1 radical (unpaired) electrons. The molecular formula is C39H29IrN3O. The number of aryl methyl sites for hydroxylation is 3. The molecule has 5 aromatic carbocycles. The van der Waals surface area contributed by atoms with Gasteiger partial charge in [0.25, 0.3) is 11.4 Å². The molecule has 7 aromatic rings. The smallest absolute Gasteiger partial charge is 0.501 e. The fourth-order valence-electron chi connectivity index (χ4n) is 5.23. The summed E-state index contributed by atoms with van der Waals surface area (Å²) in [5, 5.41) is 2.20. The zero-order valence-electron chi connectivity index (χ0n) is 24.6.